The average Bonchev–Trinajstić information content (AvgIpc) is 2.13. The van der Waals surface area contributed by atoms with Crippen molar-refractivity contribution in [1.29, 1.82) is 0 Å². The molecule has 1 aliphatic carbocycles. The number of carboxylic acids is 1. The van der Waals surface area contributed by atoms with Crippen molar-refractivity contribution in [2.45, 2.75) is 24.4 Å². The molecular formula is C11H10BrFO2. The highest BCUT2D eigenvalue weighted by Crippen LogP contribution is 2.45. The molecule has 1 N–H and O–H groups in total. The normalized spacial score (nSPS) is 29.6. The molecule has 1 aromatic carbocycles. The van der Waals surface area contributed by atoms with Gasteiger partial charge < -0.3 is 5.11 Å². The number of carbonyl (C=O) groups is 1. The molecule has 1 aromatic rings. The fraction of sp³-hybridized carbons (Fsp3) is 0.364. The van der Waals surface area contributed by atoms with Crippen LogP contribution in [0.1, 0.15) is 18.4 Å². The molecule has 0 bridgehead atoms. The van der Waals surface area contributed by atoms with Gasteiger partial charge in [0.05, 0.1) is 5.41 Å². The quantitative estimate of drug-likeness (QED) is 0.899. The number of halogens is 2. The molecule has 0 amide bonds. The van der Waals surface area contributed by atoms with Gasteiger partial charge in [-0.2, -0.15) is 0 Å². The van der Waals surface area contributed by atoms with E-state index in [1.165, 1.54) is 0 Å². The molecule has 2 rings (SSSR count). The predicted octanol–water partition coefficient (Wildman–Crippen LogP) is 2.90. The maximum Gasteiger partial charge on any atom is 0.314 e. The molecule has 1 aliphatic rings. The third-order valence-corrected chi connectivity index (χ3v) is 3.47. The number of benzene rings is 1. The molecule has 15 heavy (non-hydrogen) atoms. The second-order valence-electron chi connectivity index (χ2n) is 3.90. The van der Waals surface area contributed by atoms with Crippen molar-refractivity contribution in [2.24, 2.45) is 0 Å². The maximum atomic E-state index is 12.9. The van der Waals surface area contributed by atoms with Gasteiger partial charge in [0.1, 0.15) is 6.17 Å². The molecule has 1 fully saturated rings. The van der Waals surface area contributed by atoms with Gasteiger partial charge in [0.15, 0.2) is 0 Å². The average molecular weight is 273 g/mol. The lowest BCUT2D eigenvalue weighted by Crippen LogP contribution is -2.48. The first-order valence-corrected chi connectivity index (χ1v) is 5.47. The minimum Gasteiger partial charge on any atom is -0.481 e. The molecule has 0 aromatic heterocycles. The number of alkyl halides is 1. The highest BCUT2D eigenvalue weighted by molar-refractivity contribution is 9.10. The predicted molar refractivity (Wildman–Crippen MR) is 57.6 cm³/mol. The molecule has 80 valence electrons. The Morgan fingerprint density at radius 3 is 2.33 bits per heavy atom. The van der Waals surface area contributed by atoms with Gasteiger partial charge in [-0.05, 0) is 30.5 Å². The summed E-state index contributed by atoms with van der Waals surface area (Å²) < 4.78 is 13.8. The fourth-order valence-electron chi connectivity index (χ4n) is 2.00. The Kier molecular flexibility index (Phi) is 2.54. The molecule has 0 atom stereocenters. The van der Waals surface area contributed by atoms with Gasteiger partial charge in [0.25, 0.3) is 0 Å². The Morgan fingerprint density at radius 1 is 1.40 bits per heavy atom. The minimum absolute atomic E-state index is 0.0873. The van der Waals surface area contributed by atoms with Crippen LogP contribution in [0.15, 0.2) is 28.7 Å². The number of carboxylic acid groups (broad SMARTS) is 1. The lowest BCUT2D eigenvalue weighted by atomic mass is 9.63. The summed E-state index contributed by atoms with van der Waals surface area (Å²) in [7, 11) is 0. The number of rotatable bonds is 2. The smallest absolute Gasteiger partial charge is 0.314 e. The summed E-state index contributed by atoms with van der Waals surface area (Å²) in [4.78, 5) is 11.2. The van der Waals surface area contributed by atoms with Gasteiger partial charge in [-0.25, -0.2) is 4.39 Å². The second kappa shape index (κ2) is 3.59. The van der Waals surface area contributed by atoms with E-state index in [0.29, 0.717) is 5.56 Å². The lowest BCUT2D eigenvalue weighted by molar-refractivity contribution is -0.150. The zero-order chi connectivity index (χ0) is 11.1. The summed E-state index contributed by atoms with van der Waals surface area (Å²) in [6.07, 6.45) is -0.807. The minimum atomic E-state index is -1.000. The molecule has 2 nitrogen and oxygen atoms in total. The Balaban J connectivity index is 2.34. The van der Waals surface area contributed by atoms with E-state index in [2.05, 4.69) is 15.9 Å². The van der Waals surface area contributed by atoms with Crippen LogP contribution in [-0.2, 0) is 10.2 Å². The van der Waals surface area contributed by atoms with Crippen molar-refractivity contribution in [3.05, 3.63) is 34.3 Å². The van der Waals surface area contributed by atoms with Crippen LogP contribution in [0.5, 0.6) is 0 Å². The van der Waals surface area contributed by atoms with Crippen LogP contribution in [0.4, 0.5) is 4.39 Å². The van der Waals surface area contributed by atoms with E-state index in [0.717, 1.165) is 4.47 Å². The summed E-state index contributed by atoms with van der Waals surface area (Å²) in [5.41, 5.74) is -0.313. The van der Waals surface area contributed by atoms with Gasteiger partial charge in [0, 0.05) is 4.47 Å². The van der Waals surface area contributed by atoms with Crippen LogP contribution < -0.4 is 0 Å². The second-order valence-corrected chi connectivity index (χ2v) is 4.82. The van der Waals surface area contributed by atoms with Crippen molar-refractivity contribution in [1.82, 2.24) is 0 Å². The molecular weight excluding hydrogens is 263 g/mol. The Hall–Kier alpha value is -0.900. The van der Waals surface area contributed by atoms with E-state index < -0.39 is 17.6 Å². The van der Waals surface area contributed by atoms with Crippen molar-refractivity contribution in [3.8, 4) is 0 Å². The summed E-state index contributed by atoms with van der Waals surface area (Å²) >= 11 is 3.28. The zero-order valence-corrected chi connectivity index (χ0v) is 9.50. The summed E-state index contributed by atoms with van der Waals surface area (Å²) in [6, 6.07) is 7.05. The highest BCUT2D eigenvalue weighted by atomic mass is 79.9. The number of hydrogen-bond acceptors (Lipinski definition) is 1. The van der Waals surface area contributed by atoms with Crippen LogP contribution in [0.25, 0.3) is 0 Å². The van der Waals surface area contributed by atoms with Gasteiger partial charge in [0.2, 0.25) is 0 Å². The van der Waals surface area contributed by atoms with E-state index in [-0.39, 0.29) is 12.8 Å². The first kappa shape index (κ1) is 10.6. The van der Waals surface area contributed by atoms with E-state index in [9.17, 15) is 9.18 Å². The third kappa shape index (κ3) is 1.67. The van der Waals surface area contributed by atoms with Crippen LogP contribution in [-0.4, -0.2) is 17.2 Å². The summed E-state index contributed by atoms with van der Waals surface area (Å²) in [5.74, 6) is -0.932. The molecule has 0 saturated heterocycles. The van der Waals surface area contributed by atoms with Crippen molar-refractivity contribution in [2.75, 3.05) is 0 Å². The molecule has 0 unspecified atom stereocenters. The van der Waals surface area contributed by atoms with E-state index >= 15 is 0 Å². The van der Waals surface area contributed by atoms with Gasteiger partial charge in [-0.15, -0.1) is 0 Å². The molecule has 0 heterocycles. The monoisotopic (exact) mass is 272 g/mol. The topological polar surface area (TPSA) is 37.3 Å². The first-order valence-electron chi connectivity index (χ1n) is 4.68. The molecule has 1 saturated carbocycles. The fourth-order valence-corrected chi connectivity index (χ4v) is 2.26. The lowest BCUT2D eigenvalue weighted by Gasteiger charge is -2.40. The van der Waals surface area contributed by atoms with Gasteiger partial charge >= 0.3 is 5.97 Å². The number of aliphatic carboxylic acids is 1. The van der Waals surface area contributed by atoms with Crippen LogP contribution >= 0.6 is 15.9 Å². The van der Waals surface area contributed by atoms with Crippen molar-refractivity contribution in [3.63, 3.8) is 0 Å². The zero-order valence-electron chi connectivity index (χ0n) is 7.91. The number of hydrogen-bond donors (Lipinski definition) is 1. The van der Waals surface area contributed by atoms with Gasteiger partial charge in [-0.1, -0.05) is 28.1 Å². The van der Waals surface area contributed by atoms with Crippen LogP contribution in [0.2, 0.25) is 0 Å². The van der Waals surface area contributed by atoms with E-state index in [1.807, 2.05) is 0 Å². The van der Waals surface area contributed by atoms with Crippen molar-refractivity contribution >= 4 is 21.9 Å². The van der Waals surface area contributed by atoms with Crippen LogP contribution in [0, 0.1) is 0 Å². The molecule has 0 spiro atoms. The van der Waals surface area contributed by atoms with E-state index in [1.54, 1.807) is 24.3 Å². The summed E-state index contributed by atoms with van der Waals surface area (Å²) in [6.45, 7) is 0. The van der Waals surface area contributed by atoms with E-state index in [4.69, 9.17) is 5.11 Å². The Labute approximate surface area is 95.2 Å². The summed E-state index contributed by atoms with van der Waals surface area (Å²) in [5, 5.41) is 9.15. The first-order chi connectivity index (χ1) is 7.04. The Bertz CT molecular complexity index is 382. The third-order valence-electron chi connectivity index (χ3n) is 2.95. The Morgan fingerprint density at radius 2 is 1.93 bits per heavy atom. The van der Waals surface area contributed by atoms with Crippen molar-refractivity contribution < 1.29 is 14.3 Å². The molecule has 4 heteroatoms. The SMILES string of the molecule is O=C(O)C1(c2ccc(Br)cc2)CC(F)C1. The molecule has 0 radical (unpaired) electrons. The molecule has 0 aliphatic heterocycles. The van der Waals surface area contributed by atoms with Crippen LogP contribution in [0.3, 0.4) is 0 Å². The highest BCUT2D eigenvalue weighted by Gasteiger charge is 2.52. The van der Waals surface area contributed by atoms with Gasteiger partial charge in [-0.3, -0.25) is 4.79 Å². The standard InChI is InChI=1S/C11H10BrFO2/c12-8-3-1-7(2-4-8)11(10(14)15)5-9(13)6-11/h1-4,9H,5-6H2,(H,14,15). The maximum absolute atomic E-state index is 12.9. The largest absolute Gasteiger partial charge is 0.481 e.